The number of carbonyl (C=O) groups is 2. The standard InChI is InChI=1S/C12H22N2O5S2/c1-12(2,20-3)8-13-11(17)14-4-5-21(18,19)7-9(14)6-10(15)16/h9H,4-8H2,1-3H3,(H,13,17)(H,15,16). The molecule has 1 rings (SSSR count). The highest BCUT2D eigenvalue weighted by Gasteiger charge is 2.35. The summed E-state index contributed by atoms with van der Waals surface area (Å²) in [6, 6.07) is -1.21. The maximum Gasteiger partial charge on any atom is 0.317 e. The first-order valence-electron chi connectivity index (χ1n) is 6.58. The third-order valence-corrected chi connectivity index (χ3v) is 6.37. The molecule has 9 heteroatoms. The van der Waals surface area contributed by atoms with Crippen molar-refractivity contribution in [2.24, 2.45) is 0 Å². The number of hydrogen-bond donors (Lipinski definition) is 2. The van der Waals surface area contributed by atoms with Gasteiger partial charge in [0.25, 0.3) is 0 Å². The van der Waals surface area contributed by atoms with E-state index in [4.69, 9.17) is 5.11 Å². The second-order valence-corrected chi connectivity index (χ2v) is 9.42. The van der Waals surface area contributed by atoms with Crippen molar-refractivity contribution in [1.82, 2.24) is 10.2 Å². The molecule has 21 heavy (non-hydrogen) atoms. The van der Waals surface area contributed by atoms with Crippen LogP contribution in [0.1, 0.15) is 20.3 Å². The zero-order valence-electron chi connectivity index (χ0n) is 12.5. The largest absolute Gasteiger partial charge is 0.481 e. The average Bonchev–Trinajstić information content (AvgIpc) is 2.34. The molecule has 0 saturated carbocycles. The Morgan fingerprint density at radius 3 is 2.57 bits per heavy atom. The molecule has 1 unspecified atom stereocenters. The van der Waals surface area contributed by atoms with Crippen LogP contribution in [0.25, 0.3) is 0 Å². The van der Waals surface area contributed by atoms with E-state index < -0.39 is 27.9 Å². The van der Waals surface area contributed by atoms with Crippen LogP contribution in [0, 0.1) is 0 Å². The van der Waals surface area contributed by atoms with E-state index in [9.17, 15) is 18.0 Å². The zero-order valence-corrected chi connectivity index (χ0v) is 14.1. The van der Waals surface area contributed by atoms with Gasteiger partial charge >= 0.3 is 12.0 Å². The van der Waals surface area contributed by atoms with Gasteiger partial charge in [0.05, 0.1) is 24.0 Å². The Labute approximate surface area is 129 Å². The lowest BCUT2D eigenvalue weighted by Crippen LogP contribution is -2.56. The van der Waals surface area contributed by atoms with Crippen LogP contribution in [0.5, 0.6) is 0 Å². The highest BCUT2D eigenvalue weighted by Crippen LogP contribution is 2.20. The van der Waals surface area contributed by atoms with Crippen molar-refractivity contribution in [2.75, 3.05) is 30.9 Å². The van der Waals surface area contributed by atoms with Gasteiger partial charge in [-0.2, -0.15) is 11.8 Å². The number of nitrogens with zero attached hydrogens (tertiary/aromatic N) is 1. The van der Waals surface area contributed by atoms with Gasteiger partial charge in [-0.25, -0.2) is 13.2 Å². The van der Waals surface area contributed by atoms with Gasteiger partial charge in [0.15, 0.2) is 9.84 Å². The lowest BCUT2D eigenvalue weighted by molar-refractivity contribution is -0.138. The van der Waals surface area contributed by atoms with Crippen LogP contribution in [0.3, 0.4) is 0 Å². The minimum atomic E-state index is -3.28. The van der Waals surface area contributed by atoms with Gasteiger partial charge < -0.3 is 15.3 Å². The molecule has 0 aromatic rings. The van der Waals surface area contributed by atoms with Gasteiger partial charge in [-0.3, -0.25) is 4.79 Å². The van der Waals surface area contributed by atoms with Crippen LogP contribution in [0.2, 0.25) is 0 Å². The Bertz CT molecular complexity index is 504. The van der Waals surface area contributed by atoms with E-state index in [-0.39, 0.29) is 29.2 Å². The number of carbonyl (C=O) groups excluding carboxylic acids is 1. The van der Waals surface area contributed by atoms with Crippen molar-refractivity contribution in [1.29, 1.82) is 0 Å². The van der Waals surface area contributed by atoms with Crippen molar-refractivity contribution in [2.45, 2.75) is 31.1 Å². The molecule has 122 valence electrons. The normalized spacial score (nSPS) is 21.9. The van der Waals surface area contributed by atoms with Gasteiger partial charge in [-0.05, 0) is 20.1 Å². The molecule has 0 aromatic carbocycles. The van der Waals surface area contributed by atoms with Crippen molar-refractivity contribution in [3.05, 3.63) is 0 Å². The van der Waals surface area contributed by atoms with Crippen molar-refractivity contribution in [3.8, 4) is 0 Å². The van der Waals surface area contributed by atoms with E-state index in [1.54, 1.807) is 11.8 Å². The first-order chi connectivity index (χ1) is 9.56. The summed E-state index contributed by atoms with van der Waals surface area (Å²) >= 11 is 1.60. The number of nitrogens with one attached hydrogen (secondary N) is 1. The number of carboxylic acid groups (broad SMARTS) is 1. The summed E-state index contributed by atoms with van der Waals surface area (Å²) in [4.78, 5) is 24.4. The van der Waals surface area contributed by atoms with Gasteiger partial charge in [-0.1, -0.05) is 0 Å². The fourth-order valence-electron chi connectivity index (χ4n) is 1.99. The van der Waals surface area contributed by atoms with E-state index >= 15 is 0 Å². The van der Waals surface area contributed by atoms with Crippen LogP contribution in [-0.4, -0.2) is 72.1 Å². The molecule has 0 aliphatic carbocycles. The van der Waals surface area contributed by atoms with Crippen molar-refractivity contribution < 1.29 is 23.1 Å². The summed E-state index contributed by atoms with van der Waals surface area (Å²) < 4.78 is 23.1. The number of rotatable bonds is 5. The summed E-state index contributed by atoms with van der Waals surface area (Å²) in [5, 5.41) is 11.6. The number of urea groups is 1. The molecule has 1 saturated heterocycles. The molecule has 0 spiro atoms. The molecule has 1 fully saturated rings. The number of amides is 2. The first kappa shape index (κ1) is 18.1. The van der Waals surface area contributed by atoms with Crippen LogP contribution in [0.15, 0.2) is 0 Å². The van der Waals surface area contributed by atoms with Gasteiger partial charge in [0.2, 0.25) is 0 Å². The number of aliphatic carboxylic acids is 1. The number of carboxylic acids is 1. The Balaban J connectivity index is 2.73. The van der Waals surface area contributed by atoms with Crippen LogP contribution in [-0.2, 0) is 14.6 Å². The fourth-order valence-corrected chi connectivity index (χ4v) is 3.73. The molecule has 7 nitrogen and oxygen atoms in total. The zero-order chi connectivity index (χ0) is 16.3. The summed E-state index contributed by atoms with van der Waals surface area (Å²) in [6.07, 6.45) is 1.57. The molecule has 0 aromatic heterocycles. The quantitative estimate of drug-likeness (QED) is 0.752. The molecule has 2 amide bonds. The summed E-state index contributed by atoms with van der Waals surface area (Å²) in [6.45, 7) is 4.42. The monoisotopic (exact) mass is 338 g/mol. The molecule has 1 aliphatic heterocycles. The Hall–Kier alpha value is -0.960. The molecular formula is C12H22N2O5S2. The van der Waals surface area contributed by atoms with Crippen molar-refractivity contribution in [3.63, 3.8) is 0 Å². The smallest absolute Gasteiger partial charge is 0.317 e. The minimum Gasteiger partial charge on any atom is -0.481 e. The molecule has 1 heterocycles. The van der Waals surface area contributed by atoms with E-state index in [0.29, 0.717) is 6.54 Å². The maximum atomic E-state index is 12.2. The van der Waals surface area contributed by atoms with E-state index in [1.165, 1.54) is 4.90 Å². The summed E-state index contributed by atoms with van der Waals surface area (Å²) in [5.41, 5.74) is 0. The summed E-state index contributed by atoms with van der Waals surface area (Å²) in [5.74, 6) is -1.53. The highest BCUT2D eigenvalue weighted by molar-refractivity contribution is 7.99. The van der Waals surface area contributed by atoms with E-state index in [0.717, 1.165) is 0 Å². The predicted molar refractivity (Wildman–Crippen MR) is 82.4 cm³/mol. The van der Waals surface area contributed by atoms with Crippen molar-refractivity contribution >= 4 is 33.6 Å². The lowest BCUT2D eigenvalue weighted by atomic mass is 10.2. The molecule has 0 radical (unpaired) electrons. The lowest BCUT2D eigenvalue weighted by Gasteiger charge is -2.35. The SMILES string of the molecule is CSC(C)(C)CNC(=O)N1CCS(=O)(=O)CC1CC(=O)O. The van der Waals surface area contributed by atoms with Crippen LogP contribution >= 0.6 is 11.8 Å². The van der Waals surface area contributed by atoms with Gasteiger partial charge in [0.1, 0.15) is 0 Å². The fraction of sp³-hybridized carbons (Fsp3) is 0.833. The predicted octanol–water partition coefficient (Wildman–Crippen LogP) is 0.411. The molecule has 1 atom stereocenters. The Morgan fingerprint density at radius 2 is 2.05 bits per heavy atom. The second-order valence-electron chi connectivity index (χ2n) is 5.68. The topological polar surface area (TPSA) is 104 Å². The summed E-state index contributed by atoms with van der Waals surface area (Å²) in [7, 11) is -3.28. The van der Waals surface area contributed by atoms with Gasteiger partial charge in [-0.15, -0.1) is 0 Å². The molecular weight excluding hydrogens is 316 g/mol. The molecule has 0 bridgehead atoms. The third kappa shape index (κ3) is 5.74. The number of hydrogen-bond acceptors (Lipinski definition) is 5. The second kappa shape index (κ2) is 6.87. The number of sulfone groups is 1. The van der Waals surface area contributed by atoms with Gasteiger partial charge in [0, 0.05) is 17.8 Å². The molecule has 1 aliphatic rings. The maximum absolute atomic E-state index is 12.2. The third-order valence-electron chi connectivity index (χ3n) is 3.42. The molecule has 2 N–H and O–H groups in total. The van der Waals surface area contributed by atoms with Crippen LogP contribution in [0.4, 0.5) is 4.79 Å². The Kier molecular flexibility index (Phi) is 5.92. The Morgan fingerprint density at radius 1 is 1.43 bits per heavy atom. The average molecular weight is 338 g/mol. The minimum absolute atomic E-state index is 0.0335. The first-order valence-corrected chi connectivity index (χ1v) is 9.63. The van der Waals surface area contributed by atoms with E-state index in [1.807, 2.05) is 20.1 Å². The highest BCUT2D eigenvalue weighted by atomic mass is 32.2. The van der Waals surface area contributed by atoms with Crippen LogP contribution < -0.4 is 5.32 Å². The van der Waals surface area contributed by atoms with E-state index in [2.05, 4.69) is 5.32 Å². The number of thioether (sulfide) groups is 1.